The number of aromatic nitrogens is 4. The number of aromatic amines is 1. The zero-order valence-corrected chi connectivity index (χ0v) is 14.5. The number of nitrogens with zero attached hydrogens (tertiary/aromatic N) is 3. The number of benzene rings is 1. The molecule has 3 heterocycles. The molecule has 6 nitrogen and oxygen atoms in total. The maximum Gasteiger partial charge on any atom is 0.162 e. The molecule has 3 N–H and O–H groups in total. The number of H-pyrrole nitrogens is 1. The molecule has 2 bridgehead atoms. The zero-order valence-electron chi connectivity index (χ0n) is 13.8. The van der Waals surface area contributed by atoms with Gasteiger partial charge in [0.2, 0.25) is 0 Å². The molecule has 1 saturated carbocycles. The van der Waals surface area contributed by atoms with Gasteiger partial charge in [-0.3, -0.25) is 5.10 Å². The van der Waals surface area contributed by atoms with Gasteiger partial charge in [0, 0.05) is 22.7 Å². The summed E-state index contributed by atoms with van der Waals surface area (Å²) in [6.45, 7) is 0. The Hall–Kier alpha value is -2.70. The zero-order chi connectivity index (χ0) is 17.7. The van der Waals surface area contributed by atoms with Crippen LogP contribution >= 0.6 is 11.6 Å². The average molecular weight is 366 g/mol. The second kappa shape index (κ2) is 5.93. The molecule has 0 saturated heterocycles. The second-order valence-corrected chi connectivity index (χ2v) is 6.99. The standard InChI is InChI=1S/C19H16ClN5O/c20-14-9-21-17-12-4-2-1-3-11(12)15(26)8-7-13-16(10-5-6-10)24-25-18(13)23-19(14)22-17/h1-4,7-10,15,26H,5-6H2,(H2,21,22,23,24,25). The summed E-state index contributed by atoms with van der Waals surface area (Å²) in [7, 11) is 0. The summed E-state index contributed by atoms with van der Waals surface area (Å²) in [5.41, 5.74) is 3.53. The molecule has 0 radical (unpaired) electrons. The highest BCUT2D eigenvalue weighted by Crippen LogP contribution is 2.43. The first-order valence-electron chi connectivity index (χ1n) is 8.54. The van der Waals surface area contributed by atoms with Crippen molar-refractivity contribution in [1.82, 2.24) is 20.2 Å². The molecule has 2 aliphatic rings. The molecule has 1 atom stereocenters. The van der Waals surface area contributed by atoms with E-state index in [0.29, 0.717) is 28.4 Å². The molecule has 1 aromatic carbocycles. The monoisotopic (exact) mass is 365 g/mol. The Morgan fingerprint density at radius 1 is 1.15 bits per heavy atom. The highest BCUT2D eigenvalue weighted by Gasteiger charge is 2.29. The van der Waals surface area contributed by atoms with Gasteiger partial charge in [-0.2, -0.15) is 5.10 Å². The Labute approximate surface area is 155 Å². The fourth-order valence-electron chi connectivity index (χ4n) is 3.26. The number of rotatable bonds is 1. The highest BCUT2D eigenvalue weighted by molar-refractivity contribution is 6.32. The minimum absolute atomic E-state index is 0.414. The van der Waals surface area contributed by atoms with Gasteiger partial charge in [0.25, 0.3) is 0 Å². The smallest absolute Gasteiger partial charge is 0.162 e. The van der Waals surface area contributed by atoms with E-state index in [9.17, 15) is 5.11 Å². The van der Waals surface area contributed by atoms with Gasteiger partial charge < -0.3 is 10.4 Å². The number of hydrogen-bond donors (Lipinski definition) is 3. The fraction of sp³-hybridized carbons (Fsp3) is 0.211. The molecule has 7 heteroatoms. The van der Waals surface area contributed by atoms with Crippen LogP contribution in [0.15, 0.2) is 36.5 Å². The van der Waals surface area contributed by atoms with Gasteiger partial charge in [-0.05, 0) is 18.4 Å². The van der Waals surface area contributed by atoms with Crippen molar-refractivity contribution in [3.05, 3.63) is 58.4 Å². The molecule has 1 unspecified atom stereocenters. The third-order valence-electron chi connectivity index (χ3n) is 4.77. The van der Waals surface area contributed by atoms with Crippen LogP contribution in [0.4, 0.5) is 11.6 Å². The number of hydrogen-bond acceptors (Lipinski definition) is 5. The maximum absolute atomic E-state index is 10.7. The number of halogens is 1. The summed E-state index contributed by atoms with van der Waals surface area (Å²) < 4.78 is 0. The largest absolute Gasteiger partial charge is 0.384 e. The third kappa shape index (κ3) is 2.58. The van der Waals surface area contributed by atoms with E-state index in [4.69, 9.17) is 11.6 Å². The Kier molecular flexibility index (Phi) is 3.55. The van der Waals surface area contributed by atoms with Crippen molar-refractivity contribution >= 4 is 29.3 Å². The van der Waals surface area contributed by atoms with Gasteiger partial charge in [-0.1, -0.05) is 48.0 Å². The molecular weight excluding hydrogens is 350 g/mol. The van der Waals surface area contributed by atoms with Crippen molar-refractivity contribution < 1.29 is 5.11 Å². The summed E-state index contributed by atoms with van der Waals surface area (Å²) in [5, 5.41) is 21.9. The molecule has 1 aliphatic heterocycles. The van der Waals surface area contributed by atoms with Crippen LogP contribution in [0.2, 0.25) is 5.02 Å². The van der Waals surface area contributed by atoms with Gasteiger partial charge in [0.05, 0.1) is 12.3 Å². The van der Waals surface area contributed by atoms with E-state index in [2.05, 4.69) is 25.5 Å². The first-order valence-corrected chi connectivity index (χ1v) is 8.92. The van der Waals surface area contributed by atoms with Crippen molar-refractivity contribution in [2.24, 2.45) is 0 Å². The van der Waals surface area contributed by atoms with E-state index in [-0.39, 0.29) is 0 Å². The number of aliphatic hydroxyl groups excluding tert-OH is 1. The number of aliphatic hydroxyl groups is 1. The van der Waals surface area contributed by atoms with E-state index in [1.54, 1.807) is 12.3 Å². The van der Waals surface area contributed by atoms with Crippen molar-refractivity contribution in [2.75, 3.05) is 5.32 Å². The third-order valence-corrected chi connectivity index (χ3v) is 5.04. The van der Waals surface area contributed by atoms with E-state index in [0.717, 1.165) is 35.2 Å². The summed E-state index contributed by atoms with van der Waals surface area (Å²) in [4.78, 5) is 8.91. The van der Waals surface area contributed by atoms with Crippen LogP contribution in [0.1, 0.15) is 41.7 Å². The minimum Gasteiger partial charge on any atom is -0.384 e. The van der Waals surface area contributed by atoms with Crippen LogP contribution in [-0.2, 0) is 0 Å². The highest BCUT2D eigenvalue weighted by atomic mass is 35.5. The van der Waals surface area contributed by atoms with Gasteiger partial charge in [0.15, 0.2) is 17.5 Å². The molecule has 3 aromatic rings. The quantitative estimate of drug-likeness (QED) is 0.601. The Balaban J connectivity index is 1.74. The normalized spacial score (nSPS) is 18.5. The van der Waals surface area contributed by atoms with Crippen LogP contribution in [0.5, 0.6) is 0 Å². The summed E-state index contributed by atoms with van der Waals surface area (Å²) in [6, 6.07) is 7.57. The Morgan fingerprint density at radius 3 is 2.85 bits per heavy atom. The fourth-order valence-corrected chi connectivity index (χ4v) is 3.40. The van der Waals surface area contributed by atoms with E-state index in [1.807, 2.05) is 30.3 Å². The maximum atomic E-state index is 10.7. The number of anilines is 2. The minimum atomic E-state index is -0.776. The van der Waals surface area contributed by atoms with Crippen LogP contribution in [0.3, 0.4) is 0 Å². The lowest BCUT2D eigenvalue weighted by Gasteiger charge is -2.12. The Bertz CT molecular complexity index is 1020. The van der Waals surface area contributed by atoms with Gasteiger partial charge >= 0.3 is 0 Å². The lowest BCUT2D eigenvalue weighted by atomic mass is 10.0. The predicted octanol–water partition coefficient (Wildman–Crippen LogP) is 4.20. The van der Waals surface area contributed by atoms with Crippen molar-refractivity contribution in [3.63, 3.8) is 0 Å². The molecule has 26 heavy (non-hydrogen) atoms. The molecular formula is C19H16ClN5O. The molecule has 0 amide bonds. The second-order valence-electron chi connectivity index (χ2n) is 6.58. The van der Waals surface area contributed by atoms with Crippen LogP contribution in [0.25, 0.3) is 17.5 Å². The molecule has 1 fully saturated rings. The summed E-state index contributed by atoms with van der Waals surface area (Å²) in [5.74, 6) is 2.13. The lowest BCUT2D eigenvalue weighted by molar-refractivity contribution is 0.230. The van der Waals surface area contributed by atoms with Crippen molar-refractivity contribution in [1.29, 1.82) is 0 Å². The first kappa shape index (κ1) is 15.5. The van der Waals surface area contributed by atoms with E-state index in [1.165, 1.54) is 0 Å². The van der Waals surface area contributed by atoms with E-state index >= 15 is 0 Å². The first-order chi connectivity index (χ1) is 12.7. The summed E-state index contributed by atoms with van der Waals surface area (Å²) >= 11 is 6.30. The van der Waals surface area contributed by atoms with E-state index < -0.39 is 6.10 Å². The van der Waals surface area contributed by atoms with Gasteiger partial charge in [-0.25, -0.2) is 9.97 Å². The Morgan fingerprint density at radius 2 is 2.00 bits per heavy atom. The van der Waals surface area contributed by atoms with Crippen molar-refractivity contribution in [3.8, 4) is 11.4 Å². The molecule has 0 spiro atoms. The lowest BCUT2D eigenvalue weighted by Crippen LogP contribution is -2.01. The van der Waals surface area contributed by atoms with Crippen LogP contribution < -0.4 is 5.32 Å². The molecule has 1 aliphatic carbocycles. The van der Waals surface area contributed by atoms with Crippen LogP contribution in [-0.4, -0.2) is 25.3 Å². The number of nitrogens with one attached hydrogen (secondary N) is 2. The molecule has 130 valence electrons. The predicted molar refractivity (Wildman–Crippen MR) is 100 cm³/mol. The molecule has 2 aromatic heterocycles. The average Bonchev–Trinajstić information content (AvgIpc) is 3.43. The number of fused-ring (bicyclic) bond motifs is 5. The molecule has 5 rings (SSSR count). The van der Waals surface area contributed by atoms with Gasteiger partial charge in [-0.15, -0.1) is 0 Å². The van der Waals surface area contributed by atoms with Crippen LogP contribution in [0, 0.1) is 0 Å². The van der Waals surface area contributed by atoms with Crippen molar-refractivity contribution in [2.45, 2.75) is 24.9 Å². The SMILES string of the molecule is OC1C=Cc2c(n[nH]c2C2CC2)Nc2nc(ncc2Cl)-c2ccccc21. The summed E-state index contributed by atoms with van der Waals surface area (Å²) in [6.07, 6.45) is 6.77. The topological polar surface area (TPSA) is 86.7 Å². The van der Waals surface area contributed by atoms with Gasteiger partial charge in [0.1, 0.15) is 5.02 Å².